The van der Waals surface area contributed by atoms with Crippen LogP contribution in [0.2, 0.25) is 13.1 Å². The zero-order chi connectivity index (χ0) is 35.6. The van der Waals surface area contributed by atoms with Gasteiger partial charge in [0.1, 0.15) is 8.07 Å². The minimum Gasteiger partial charge on any atom is -0.310 e. The average molecular weight is 694 g/mol. The number of nitrogens with zero attached hydrogens (tertiary/aromatic N) is 1. The summed E-state index contributed by atoms with van der Waals surface area (Å²) in [7, 11) is -1.92. The van der Waals surface area contributed by atoms with Crippen molar-refractivity contribution < 1.29 is 0 Å². The lowest BCUT2D eigenvalue weighted by molar-refractivity contribution is 0.768. The lowest BCUT2D eigenvalue weighted by Crippen LogP contribution is -2.49. The first-order chi connectivity index (χ1) is 26.0. The predicted molar refractivity (Wildman–Crippen MR) is 226 cm³/mol. The zero-order valence-corrected chi connectivity index (χ0v) is 31.0. The SMILES string of the molecule is C[Si]1(C)c2ccccc2-c2ccc(N(c3cccc(-c4ccccc4)c3)c3cccc(C4(c5ccccc5)c5ccccc5-c5ccccc54)c3)cc21. The van der Waals surface area contributed by atoms with E-state index in [4.69, 9.17) is 0 Å². The van der Waals surface area contributed by atoms with Crippen LogP contribution in [0.4, 0.5) is 17.1 Å². The highest BCUT2D eigenvalue weighted by Crippen LogP contribution is 2.56. The standard InChI is InChI=1S/C51H39NSi/c1-53(2)49-30-14-11-27-45(49)46-32-31-42(35-50(46)53)52(40-23-15-19-37(33-40)36-17-5-3-6-18-36)41-24-16-22-39(34-41)51(38-20-7-4-8-21-38)47-28-12-9-25-43(47)44-26-10-13-29-48(44)51/h3-35H,1-2H3. The molecule has 0 unspecified atom stereocenters. The Morgan fingerprint density at radius 3 is 1.58 bits per heavy atom. The number of hydrogen-bond donors (Lipinski definition) is 0. The van der Waals surface area contributed by atoms with Crippen molar-refractivity contribution in [1.82, 2.24) is 0 Å². The van der Waals surface area contributed by atoms with Gasteiger partial charge in [-0.05, 0) is 102 Å². The Balaban J connectivity index is 1.22. The summed E-state index contributed by atoms with van der Waals surface area (Å²) >= 11 is 0. The smallest absolute Gasteiger partial charge is 0.113 e. The van der Waals surface area contributed by atoms with Crippen LogP contribution < -0.4 is 15.3 Å². The first kappa shape index (κ1) is 31.5. The highest BCUT2D eigenvalue weighted by molar-refractivity contribution is 7.03. The van der Waals surface area contributed by atoms with Crippen LogP contribution in [0, 0.1) is 0 Å². The molecule has 1 heterocycles. The second kappa shape index (κ2) is 12.2. The van der Waals surface area contributed by atoms with Gasteiger partial charge in [0.05, 0.1) is 5.41 Å². The van der Waals surface area contributed by atoms with Crippen molar-refractivity contribution in [3.8, 4) is 33.4 Å². The van der Waals surface area contributed by atoms with Crippen molar-refractivity contribution in [2.75, 3.05) is 4.90 Å². The van der Waals surface area contributed by atoms with Gasteiger partial charge in [-0.15, -0.1) is 0 Å². The Morgan fingerprint density at radius 2 is 0.868 bits per heavy atom. The molecule has 0 saturated carbocycles. The number of anilines is 3. The molecule has 8 aromatic rings. The Hall–Kier alpha value is -6.22. The average Bonchev–Trinajstić information content (AvgIpc) is 3.65. The highest BCUT2D eigenvalue weighted by atomic mass is 28.3. The largest absolute Gasteiger partial charge is 0.310 e. The number of benzene rings is 8. The normalized spacial score (nSPS) is 14.2. The van der Waals surface area contributed by atoms with Crippen LogP contribution in [0.5, 0.6) is 0 Å². The minimum absolute atomic E-state index is 0.476. The maximum Gasteiger partial charge on any atom is 0.113 e. The lowest BCUT2D eigenvalue weighted by Gasteiger charge is -2.35. The topological polar surface area (TPSA) is 3.24 Å². The van der Waals surface area contributed by atoms with Crippen LogP contribution >= 0.6 is 0 Å². The number of rotatable bonds is 6. The van der Waals surface area contributed by atoms with Crippen molar-refractivity contribution in [2.45, 2.75) is 18.5 Å². The third-order valence-electron chi connectivity index (χ3n) is 11.7. The van der Waals surface area contributed by atoms with Crippen LogP contribution in [-0.4, -0.2) is 8.07 Å². The molecule has 1 nitrogen and oxygen atoms in total. The molecule has 0 spiro atoms. The van der Waals surface area contributed by atoms with Crippen LogP contribution in [0.15, 0.2) is 200 Å². The van der Waals surface area contributed by atoms with E-state index in [2.05, 4.69) is 218 Å². The molecule has 0 fully saturated rings. The molecular formula is C51H39NSi. The molecule has 1 aliphatic heterocycles. The fraction of sp³-hybridized carbons (Fsp3) is 0.0588. The van der Waals surface area contributed by atoms with Crippen LogP contribution in [-0.2, 0) is 5.41 Å². The zero-order valence-electron chi connectivity index (χ0n) is 30.0. The van der Waals surface area contributed by atoms with Gasteiger partial charge >= 0.3 is 0 Å². The predicted octanol–water partition coefficient (Wildman–Crippen LogP) is 12.0. The van der Waals surface area contributed by atoms with Crippen molar-refractivity contribution in [3.63, 3.8) is 0 Å². The first-order valence-electron chi connectivity index (χ1n) is 18.6. The van der Waals surface area contributed by atoms with Crippen LogP contribution in [0.1, 0.15) is 22.3 Å². The summed E-state index contributed by atoms with van der Waals surface area (Å²) < 4.78 is 0. The number of hydrogen-bond acceptors (Lipinski definition) is 1. The van der Waals surface area contributed by atoms with Crippen molar-refractivity contribution >= 4 is 35.5 Å². The fourth-order valence-electron chi connectivity index (χ4n) is 9.32. The summed E-state index contributed by atoms with van der Waals surface area (Å²) in [5, 5.41) is 3.02. The van der Waals surface area contributed by atoms with Crippen molar-refractivity contribution in [3.05, 3.63) is 222 Å². The first-order valence-corrected chi connectivity index (χ1v) is 21.6. The molecule has 1 aliphatic carbocycles. The Kier molecular flexibility index (Phi) is 7.25. The van der Waals surface area contributed by atoms with E-state index in [1.54, 1.807) is 0 Å². The maximum absolute atomic E-state index is 2.50. The highest BCUT2D eigenvalue weighted by Gasteiger charge is 2.46. The molecular weight excluding hydrogens is 655 g/mol. The van der Waals surface area contributed by atoms with Gasteiger partial charge in [-0.25, -0.2) is 0 Å². The van der Waals surface area contributed by atoms with E-state index in [0.717, 1.165) is 11.4 Å². The van der Waals surface area contributed by atoms with E-state index in [-0.39, 0.29) is 0 Å². The van der Waals surface area contributed by atoms with Gasteiger partial charge < -0.3 is 4.90 Å². The molecule has 0 N–H and O–H groups in total. The molecule has 0 radical (unpaired) electrons. The van der Waals surface area contributed by atoms with E-state index in [1.807, 2.05) is 0 Å². The third kappa shape index (κ3) is 4.76. The summed E-state index contributed by atoms with van der Waals surface area (Å²) in [6, 6.07) is 74.4. The molecule has 0 bridgehead atoms. The van der Waals surface area contributed by atoms with E-state index < -0.39 is 13.5 Å². The molecule has 2 aliphatic rings. The van der Waals surface area contributed by atoms with Gasteiger partial charge in [-0.2, -0.15) is 0 Å². The summed E-state index contributed by atoms with van der Waals surface area (Å²) in [6.45, 7) is 5.00. The van der Waals surface area contributed by atoms with E-state index >= 15 is 0 Å². The quantitative estimate of drug-likeness (QED) is 0.157. The van der Waals surface area contributed by atoms with Crippen LogP contribution in [0.3, 0.4) is 0 Å². The summed E-state index contributed by atoms with van der Waals surface area (Å²) in [5.74, 6) is 0. The third-order valence-corrected chi connectivity index (χ3v) is 15.3. The van der Waals surface area contributed by atoms with Crippen molar-refractivity contribution in [2.24, 2.45) is 0 Å². The molecule has 0 saturated heterocycles. The van der Waals surface area contributed by atoms with Gasteiger partial charge in [0.2, 0.25) is 0 Å². The lowest BCUT2D eigenvalue weighted by atomic mass is 9.67. The van der Waals surface area contributed by atoms with E-state index in [1.165, 1.54) is 71.7 Å². The number of fused-ring (bicyclic) bond motifs is 6. The molecule has 0 amide bonds. The Bertz CT molecular complexity index is 2610. The molecule has 2 heteroatoms. The van der Waals surface area contributed by atoms with Gasteiger partial charge in [0, 0.05) is 17.1 Å². The van der Waals surface area contributed by atoms with E-state index in [0.29, 0.717) is 0 Å². The second-order valence-electron chi connectivity index (χ2n) is 14.9. The maximum atomic E-state index is 2.50. The molecule has 0 aromatic heterocycles. The summed E-state index contributed by atoms with van der Waals surface area (Å²) in [5.41, 5.74) is 16.0. The fourth-order valence-corrected chi connectivity index (χ4v) is 12.4. The van der Waals surface area contributed by atoms with Gasteiger partial charge in [-0.3, -0.25) is 0 Å². The van der Waals surface area contributed by atoms with Crippen molar-refractivity contribution in [1.29, 1.82) is 0 Å². The van der Waals surface area contributed by atoms with Gasteiger partial charge in [0.25, 0.3) is 0 Å². The molecule has 53 heavy (non-hydrogen) atoms. The summed E-state index contributed by atoms with van der Waals surface area (Å²) in [4.78, 5) is 2.48. The molecule has 10 rings (SSSR count). The van der Waals surface area contributed by atoms with Gasteiger partial charge in [0.15, 0.2) is 0 Å². The van der Waals surface area contributed by atoms with Crippen LogP contribution in [0.25, 0.3) is 33.4 Å². The molecule has 0 atom stereocenters. The van der Waals surface area contributed by atoms with E-state index in [9.17, 15) is 0 Å². The summed E-state index contributed by atoms with van der Waals surface area (Å²) in [6.07, 6.45) is 0. The molecule has 8 aromatic carbocycles. The molecule has 252 valence electrons. The van der Waals surface area contributed by atoms with Gasteiger partial charge in [-0.1, -0.05) is 177 Å². The minimum atomic E-state index is -1.92. The Morgan fingerprint density at radius 1 is 0.358 bits per heavy atom. The second-order valence-corrected chi connectivity index (χ2v) is 19.2. The Labute approximate surface area is 313 Å². The monoisotopic (exact) mass is 693 g/mol.